The van der Waals surface area contributed by atoms with E-state index in [9.17, 15) is 4.79 Å². The van der Waals surface area contributed by atoms with Crippen molar-refractivity contribution in [1.82, 2.24) is 15.1 Å². The summed E-state index contributed by atoms with van der Waals surface area (Å²) in [5, 5.41) is 7.44. The molecule has 110 valence electrons. The molecule has 21 heavy (non-hydrogen) atoms. The minimum atomic E-state index is -0.239. The van der Waals surface area contributed by atoms with E-state index >= 15 is 0 Å². The van der Waals surface area contributed by atoms with Crippen LogP contribution < -0.4 is 0 Å². The zero-order chi connectivity index (χ0) is 15.4. The molecular weight excluding hydrogens is 309 g/mol. The van der Waals surface area contributed by atoms with Gasteiger partial charge in [-0.1, -0.05) is 54.4 Å². The monoisotopic (exact) mass is 323 g/mol. The first kappa shape index (κ1) is 15.7. The number of amides is 1. The molecule has 1 aromatic carbocycles. The average molecular weight is 324 g/mol. The fraction of sp³-hybridized carbons (Fsp3) is 0.267. The molecule has 0 aliphatic rings. The normalized spacial score (nSPS) is 10.5. The lowest BCUT2D eigenvalue weighted by Crippen LogP contribution is -2.26. The van der Waals surface area contributed by atoms with Gasteiger partial charge in [-0.15, -0.1) is 10.2 Å². The molecule has 0 radical (unpaired) electrons. The summed E-state index contributed by atoms with van der Waals surface area (Å²) in [4.78, 5) is 13.9. The van der Waals surface area contributed by atoms with Gasteiger partial charge in [0.25, 0.3) is 5.91 Å². The Morgan fingerprint density at radius 3 is 2.38 bits per heavy atom. The number of nitrogens with zero attached hydrogens (tertiary/aromatic N) is 3. The minimum absolute atomic E-state index is 0.0533. The summed E-state index contributed by atoms with van der Waals surface area (Å²) >= 11 is 11.7. The molecule has 0 fully saturated rings. The summed E-state index contributed by atoms with van der Waals surface area (Å²) in [7, 11) is 1.71. The van der Waals surface area contributed by atoms with Gasteiger partial charge in [-0.25, -0.2) is 0 Å². The highest BCUT2D eigenvalue weighted by molar-refractivity contribution is 6.34. The van der Waals surface area contributed by atoms with Crippen LogP contribution >= 0.6 is 23.2 Å². The third-order valence-electron chi connectivity index (χ3n) is 3.15. The fourth-order valence-corrected chi connectivity index (χ4v) is 2.25. The average Bonchev–Trinajstić information content (AvgIpc) is 2.49. The Hall–Kier alpha value is -1.65. The lowest BCUT2D eigenvalue weighted by Gasteiger charge is -2.18. The molecule has 0 N–H and O–H groups in total. The van der Waals surface area contributed by atoms with Crippen molar-refractivity contribution in [2.75, 3.05) is 7.05 Å². The summed E-state index contributed by atoms with van der Waals surface area (Å²) in [6.45, 7) is 2.59. The molecule has 0 unspecified atom stereocenters. The van der Waals surface area contributed by atoms with E-state index in [0.29, 0.717) is 6.54 Å². The van der Waals surface area contributed by atoms with E-state index in [1.165, 1.54) is 11.6 Å². The fourth-order valence-electron chi connectivity index (χ4n) is 1.93. The van der Waals surface area contributed by atoms with E-state index in [-0.39, 0.29) is 21.8 Å². The second-order valence-corrected chi connectivity index (χ2v) is 5.45. The number of rotatable bonds is 4. The highest BCUT2D eigenvalue weighted by Crippen LogP contribution is 2.18. The number of benzene rings is 1. The number of hydrogen-bond donors (Lipinski definition) is 0. The van der Waals surface area contributed by atoms with Crippen molar-refractivity contribution in [3.05, 3.63) is 57.3 Å². The number of carbonyl (C=O) groups excluding carboxylic acids is 1. The highest BCUT2D eigenvalue weighted by Gasteiger charge is 2.17. The summed E-state index contributed by atoms with van der Waals surface area (Å²) in [5.41, 5.74) is 2.57. The van der Waals surface area contributed by atoms with E-state index in [4.69, 9.17) is 23.2 Å². The van der Waals surface area contributed by atoms with Crippen LogP contribution in [-0.2, 0) is 13.0 Å². The second-order valence-electron chi connectivity index (χ2n) is 4.70. The van der Waals surface area contributed by atoms with Gasteiger partial charge in [0.05, 0.1) is 5.56 Å². The van der Waals surface area contributed by atoms with E-state index in [0.717, 1.165) is 12.0 Å². The van der Waals surface area contributed by atoms with Gasteiger partial charge in [0.15, 0.2) is 10.3 Å². The molecule has 0 atom stereocenters. The van der Waals surface area contributed by atoms with Crippen LogP contribution in [0.1, 0.15) is 28.4 Å². The maximum atomic E-state index is 12.4. The third kappa shape index (κ3) is 3.93. The number of aromatic nitrogens is 2. The van der Waals surface area contributed by atoms with Crippen LogP contribution in [-0.4, -0.2) is 28.1 Å². The first-order valence-electron chi connectivity index (χ1n) is 6.53. The topological polar surface area (TPSA) is 46.1 Å². The quantitative estimate of drug-likeness (QED) is 0.863. The molecule has 0 spiro atoms. The van der Waals surface area contributed by atoms with Crippen molar-refractivity contribution in [2.45, 2.75) is 19.9 Å². The molecule has 0 saturated carbocycles. The zero-order valence-electron chi connectivity index (χ0n) is 11.8. The Kier molecular flexibility index (Phi) is 5.15. The van der Waals surface area contributed by atoms with Gasteiger partial charge in [-0.3, -0.25) is 4.79 Å². The lowest BCUT2D eigenvalue weighted by molar-refractivity contribution is 0.0784. The molecule has 2 aromatic rings. The number of halogens is 2. The van der Waals surface area contributed by atoms with E-state index in [2.05, 4.69) is 29.3 Å². The predicted octanol–water partition coefficient (Wildman–Crippen LogP) is 3.62. The maximum Gasteiger partial charge on any atom is 0.257 e. The van der Waals surface area contributed by atoms with Crippen molar-refractivity contribution >= 4 is 29.1 Å². The molecule has 1 aromatic heterocycles. The molecule has 0 bridgehead atoms. The van der Waals surface area contributed by atoms with Gasteiger partial charge < -0.3 is 4.90 Å². The molecule has 0 saturated heterocycles. The molecule has 1 heterocycles. The summed E-state index contributed by atoms with van der Waals surface area (Å²) < 4.78 is 0. The highest BCUT2D eigenvalue weighted by atomic mass is 35.5. The molecule has 1 amide bonds. The van der Waals surface area contributed by atoms with Gasteiger partial charge in [-0.05, 0) is 23.6 Å². The molecular formula is C15H15Cl2N3O. The standard InChI is InChI=1S/C15H15Cl2N3O/c1-3-10-4-6-11(7-5-10)9-20(2)15(21)12-8-13(16)18-19-14(12)17/h4-8H,3,9H2,1-2H3. The first-order chi connectivity index (χ1) is 10.0. The number of carbonyl (C=O) groups is 1. The van der Waals surface area contributed by atoms with Crippen molar-refractivity contribution in [3.8, 4) is 0 Å². The van der Waals surface area contributed by atoms with Crippen LogP contribution in [0.3, 0.4) is 0 Å². The van der Waals surface area contributed by atoms with Crippen molar-refractivity contribution in [2.24, 2.45) is 0 Å². The largest absolute Gasteiger partial charge is 0.337 e. The van der Waals surface area contributed by atoms with Gasteiger partial charge in [-0.2, -0.15) is 0 Å². The maximum absolute atomic E-state index is 12.4. The van der Waals surface area contributed by atoms with Crippen LogP contribution in [0.25, 0.3) is 0 Å². The smallest absolute Gasteiger partial charge is 0.257 e. The molecule has 2 rings (SSSR count). The summed E-state index contributed by atoms with van der Waals surface area (Å²) in [6.07, 6.45) is 0.992. The Balaban J connectivity index is 2.13. The Bertz CT molecular complexity index is 644. The second kappa shape index (κ2) is 6.87. The summed E-state index contributed by atoms with van der Waals surface area (Å²) in [5.74, 6) is -0.239. The minimum Gasteiger partial charge on any atom is -0.337 e. The van der Waals surface area contributed by atoms with Gasteiger partial charge in [0, 0.05) is 13.6 Å². The van der Waals surface area contributed by atoms with E-state index < -0.39 is 0 Å². The van der Waals surface area contributed by atoms with Crippen molar-refractivity contribution in [3.63, 3.8) is 0 Å². The van der Waals surface area contributed by atoms with Crippen molar-refractivity contribution < 1.29 is 4.79 Å². The Labute approximate surface area is 133 Å². The van der Waals surface area contributed by atoms with Crippen LogP contribution in [0.2, 0.25) is 10.3 Å². The van der Waals surface area contributed by atoms with E-state index in [1.807, 2.05) is 12.1 Å². The van der Waals surface area contributed by atoms with Crippen LogP contribution in [0.5, 0.6) is 0 Å². The van der Waals surface area contributed by atoms with Crippen LogP contribution in [0, 0.1) is 0 Å². The van der Waals surface area contributed by atoms with Gasteiger partial charge in [0.1, 0.15) is 0 Å². The lowest BCUT2D eigenvalue weighted by atomic mass is 10.1. The van der Waals surface area contributed by atoms with Gasteiger partial charge in [0.2, 0.25) is 0 Å². The Morgan fingerprint density at radius 2 is 1.76 bits per heavy atom. The molecule has 0 aliphatic heterocycles. The summed E-state index contributed by atoms with van der Waals surface area (Å²) in [6, 6.07) is 9.58. The number of aryl methyl sites for hydroxylation is 1. The van der Waals surface area contributed by atoms with Crippen LogP contribution in [0.4, 0.5) is 0 Å². The van der Waals surface area contributed by atoms with E-state index in [1.54, 1.807) is 11.9 Å². The molecule has 6 heteroatoms. The SMILES string of the molecule is CCc1ccc(CN(C)C(=O)c2cc(Cl)nnc2Cl)cc1. The molecule has 0 aliphatic carbocycles. The van der Waals surface area contributed by atoms with Crippen molar-refractivity contribution in [1.29, 1.82) is 0 Å². The van der Waals surface area contributed by atoms with Crippen LogP contribution in [0.15, 0.2) is 30.3 Å². The zero-order valence-corrected chi connectivity index (χ0v) is 13.3. The Morgan fingerprint density at radius 1 is 1.14 bits per heavy atom. The third-order valence-corrected chi connectivity index (χ3v) is 3.61. The predicted molar refractivity (Wildman–Crippen MR) is 83.7 cm³/mol. The van der Waals surface area contributed by atoms with Gasteiger partial charge >= 0.3 is 0 Å². The first-order valence-corrected chi connectivity index (χ1v) is 7.29. The number of hydrogen-bond acceptors (Lipinski definition) is 3. The molecule has 4 nitrogen and oxygen atoms in total.